The third-order valence-corrected chi connectivity index (χ3v) is 5.55. The van der Waals surface area contributed by atoms with Crippen molar-refractivity contribution >= 4 is 17.5 Å². The lowest BCUT2D eigenvalue weighted by Gasteiger charge is -2.21. The Bertz CT molecular complexity index is 989. The van der Waals surface area contributed by atoms with Crippen LogP contribution in [-0.2, 0) is 26.5 Å². The lowest BCUT2D eigenvalue weighted by atomic mass is 9.98. The third-order valence-electron chi connectivity index (χ3n) is 5.55. The van der Waals surface area contributed by atoms with Gasteiger partial charge in [0.2, 0.25) is 5.82 Å². The Kier molecular flexibility index (Phi) is 4.21. The van der Waals surface area contributed by atoms with E-state index in [0.29, 0.717) is 43.4 Å². The van der Waals surface area contributed by atoms with Crippen molar-refractivity contribution in [3.8, 4) is 5.75 Å². The zero-order valence-electron chi connectivity index (χ0n) is 15.9. The largest absolute Gasteiger partial charge is 0.489 e. The van der Waals surface area contributed by atoms with Gasteiger partial charge in [-0.3, -0.25) is 9.59 Å². The zero-order valence-corrected chi connectivity index (χ0v) is 15.9. The number of likely N-dealkylation sites (N-methyl/N-ethyl adjacent to an activating group) is 1. The van der Waals surface area contributed by atoms with E-state index < -0.39 is 17.6 Å². The lowest BCUT2D eigenvalue weighted by molar-refractivity contribution is -0.120. The molecule has 2 atom stereocenters. The Morgan fingerprint density at radius 3 is 3.03 bits per heavy atom. The Morgan fingerprint density at radius 1 is 1.34 bits per heavy atom. The quantitative estimate of drug-likeness (QED) is 0.800. The summed E-state index contributed by atoms with van der Waals surface area (Å²) in [6.07, 6.45) is 2.30. The van der Waals surface area contributed by atoms with Crippen LogP contribution in [0.3, 0.4) is 0 Å². The second-order valence-electron chi connectivity index (χ2n) is 7.36. The van der Waals surface area contributed by atoms with Crippen molar-refractivity contribution in [1.82, 2.24) is 15.3 Å². The number of nitrogens with one attached hydrogen (secondary N) is 1. The van der Waals surface area contributed by atoms with Crippen LogP contribution in [-0.4, -0.2) is 54.7 Å². The monoisotopic (exact) mass is 396 g/mol. The van der Waals surface area contributed by atoms with Gasteiger partial charge in [0.1, 0.15) is 24.0 Å². The molecule has 3 aliphatic rings. The fraction of sp³-hybridized carbons (Fsp3) is 0.400. The topological polar surface area (TPSA) is 103 Å². The van der Waals surface area contributed by atoms with E-state index in [1.165, 1.54) is 4.90 Å². The van der Waals surface area contributed by atoms with Gasteiger partial charge in [0.15, 0.2) is 0 Å². The number of hydrogen-bond donors (Lipinski definition) is 1. The number of carbonyl (C=O) groups excluding carboxylic acids is 2. The average molecular weight is 396 g/mol. The summed E-state index contributed by atoms with van der Waals surface area (Å²) >= 11 is 0. The normalized spacial score (nSPS) is 25.3. The summed E-state index contributed by atoms with van der Waals surface area (Å²) < 4.78 is 17.1. The minimum absolute atomic E-state index is 0.00209. The van der Waals surface area contributed by atoms with Crippen molar-refractivity contribution in [2.75, 3.05) is 31.8 Å². The van der Waals surface area contributed by atoms with Crippen molar-refractivity contribution in [2.24, 2.45) is 0 Å². The first-order valence-corrected chi connectivity index (χ1v) is 9.46. The lowest BCUT2D eigenvalue weighted by Crippen LogP contribution is -2.49. The van der Waals surface area contributed by atoms with Crippen molar-refractivity contribution in [1.29, 1.82) is 0 Å². The molecule has 0 aliphatic carbocycles. The van der Waals surface area contributed by atoms with Gasteiger partial charge in [-0.15, -0.1) is 0 Å². The molecule has 2 aromatic rings. The van der Waals surface area contributed by atoms with Gasteiger partial charge in [0.25, 0.3) is 11.8 Å². The van der Waals surface area contributed by atoms with E-state index in [1.54, 1.807) is 25.4 Å². The smallest absolute Gasteiger partial charge is 0.289 e. The number of aromatic nitrogens is 2. The van der Waals surface area contributed by atoms with Crippen molar-refractivity contribution in [2.45, 2.75) is 24.7 Å². The number of nitrogens with zero attached hydrogens (tertiary/aromatic N) is 3. The summed E-state index contributed by atoms with van der Waals surface area (Å²) in [6.45, 7) is 1.43. The van der Waals surface area contributed by atoms with E-state index in [4.69, 9.17) is 14.2 Å². The molecule has 29 heavy (non-hydrogen) atoms. The van der Waals surface area contributed by atoms with Crippen LogP contribution >= 0.6 is 0 Å². The number of hydrogen-bond acceptors (Lipinski definition) is 7. The predicted molar refractivity (Wildman–Crippen MR) is 101 cm³/mol. The molecule has 1 fully saturated rings. The van der Waals surface area contributed by atoms with Gasteiger partial charge in [0, 0.05) is 31.8 Å². The maximum absolute atomic E-state index is 12.8. The molecule has 150 valence electrons. The number of fused-ring (bicyclic) bond motifs is 3. The van der Waals surface area contributed by atoms with E-state index in [9.17, 15) is 9.59 Å². The number of amides is 2. The minimum atomic E-state index is -0.850. The number of carbonyl (C=O) groups is 2. The minimum Gasteiger partial charge on any atom is -0.489 e. The molecule has 0 saturated carbocycles. The third kappa shape index (κ3) is 2.93. The van der Waals surface area contributed by atoms with Crippen LogP contribution in [0, 0.1) is 0 Å². The first-order valence-electron chi connectivity index (χ1n) is 9.46. The first-order chi connectivity index (χ1) is 14.1. The molecule has 9 heteroatoms. The molecule has 4 heterocycles. The highest BCUT2D eigenvalue weighted by Gasteiger charge is 2.45. The Hall–Kier alpha value is -3.04. The van der Waals surface area contributed by atoms with Crippen LogP contribution in [0.15, 0.2) is 30.5 Å². The fourth-order valence-electron chi connectivity index (χ4n) is 3.93. The summed E-state index contributed by atoms with van der Waals surface area (Å²) in [5.41, 5.74) is 1.61. The second kappa shape index (κ2) is 6.78. The summed E-state index contributed by atoms with van der Waals surface area (Å²) in [6, 6.07) is 6.39. The fourth-order valence-corrected chi connectivity index (χ4v) is 3.93. The highest BCUT2D eigenvalue weighted by Crippen LogP contribution is 2.41. The molecule has 3 aliphatic heterocycles. The maximum Gasteiger partial charge on any atom is 0.289 e. The van der Waals surface area contributed by atoms with Crippen LogP contribution in [0.2, 0.25) is 0 Å². The molecule has 9 nitrogen and oxygen atoms in total. The van der Waals surface area contributed by atoms with Gasteiger partial charge < -0.3 is 24.4 Å². The van der Waals surface area contributed by atoms with Crippen LogP contribution in [0.25, 0.3) is 0 Å². The number of benzene rings is 1. The van der Waals surface area contributed by atoms with Gasteiger partial charge >= 0.3 is 0 Å². The Balaban J connectivity index is 1.37. The second-order valence-corrected chi connectivity index (χ2v) is 7.36. The standard InChI is InChI=1S/C20H20N4O5/c1-24-14-4-2-3-5-15(14)28-10-13(19(24)26)22-18(25)17-21-8-12-9-29-20(16(12)23-17)6-7-27-11-20/h2-5,8,13H,6-7,9-11H2,1H3,(H,22,25)/t13?,20-/m1/s1. The number of rotatable bonds is 2. The highest BCUT2D eigenvalue weighted by molar-refractivity contribution is 6.02. The summed E-state index contributed by atoms with van der Waals surface area (Å²) in [4.78, 5) is 35.8. The van der Waals surface area contributed by atoms with Crippen molar-refractivity contribution in [3.63, 3.8) is 0 Å². The van der Waals surface area contributed by atoms with E-state index in [2.05, 4.69) is 15.3 Å². The molecular weight excluding hydrogens is 376 g/mol. The highest BCUT2D eigenvalue weighted by atomic mass is 16.6. The number of anilines is 1. The SMILES string of the molecule is CN1C(=O)C(NC(=O)c2ncc3c(n2)[C@]2(CCOC2)OC3)COc2ccccc21. The first kappa shape index (κ1) is 18.0. The molecule has 0 radical (unpaired) electrons. The predicted octanol–water partition coefficient (Wildman–Crippen LogP) is 0.776. The van der Waals surface area contributed by atoms with Gasteiger partial charge in [0.05, 0.1) is 24.6 Å². The maximum atomic E-state index is 12.8. The van der Waals surface area contributed by atoms with Crippen LogP contribution in [0.1, 0.15) is 28.3 Å². The van der Waals surface area contributed by atoms with E-state index in [0.717, 1.165) is 5.56 Å². The van der Waals surface area contributed by atoms with Gasteiger partial charge in [-0.25, -0.2) is 9.97 Å². The molecule has 1 aromatic carbocycles. The zero-order chi connectivity index (χ0) is 20.0. The van der Waals surface area contributed by atoms with Gasteiger partial charge in [-0.2, -0.15) is 0 Å². The average Bonchev–Trinajstić information content (AvgIpc) is 3.35. The molecular formula is C20H20N4O5. The van der Waals surface area contributed by atoms with Gasteiger partial charge in [-0.05, 0) is 12.1 Å². The summed E-state index contributed by atoms with van der Waals surface area (Å²) in [7, 11) is 1.65. The molecule has 1 saturated heterocycles. The van der Waals surface area contributed by atoms with E-state index >= 15 is 0 Å². The molecule has 1 unspecified atom stereocenters. The molecule has 0 bridgehead atoms. The molecule has 1 N–H and O–H groups in total. The molecule has 1 aromatic heterocycles. The number of para-hydroxylation sites is 2. The van der Waals surface area contributed by atoms with Crippen molar-refractivity contribution < 1.29 is 23.8 Å². The van der Waals surface area contributed by atoms with Crippen LogP contribution in [0.5, 0.6) is 5.75 Å². The van der Waals surface area contributed by atoms with Crippen molar-refractivity contribution in [3.05, 3.63) is 47.5 Å². The van der Waals surface area contributed by atoms with Crippen LogP contribution in [0.4, 0.5) is 5.69 Å². The summed E-state index contributed by atoms with van der Waals surface area (Å²) in [5.74, 6) is -0.213. The molecule has 5 rings (SSSR count). The number of ether oxygens (including phenoxy) is 3. The Labute approximate surface area is 167 Å². The van der Waals surface area contributed by atoms with E-state index in [-0.39, 0.29) is 18.3 Å². The Morgan fingerprint density at radius 2 is 2.21 bits per heavy atom. The summed E-state index contributed by atoms with van der Waals surface area (Å²) in [5, 5.41) is 2.71. The van der Waals surface area contributed by atoms with Gasteiger partial charge in [-0.1, -0.05) is 12.1 Å². The molecule has 1 spiro atoms. The molecule has 2 amide bonds. The van der Waals surface area contributed by atoms with Crippen LogP contribution < -0.4 is 15.0 Å². The van der Waals surface area contributed by atoms with E-state index in [1.807, 2.05) is 12.1 Å².